The molecule has 0 aromatic heterocycles. The van der Waals surface area contributed by atoms with E-state index in [-0.39, 0.29) is 11.9 Å². The van der Waals surface area contributed by atoms with E-state index < -0.39 is 21.1 Å². The van der Waals surface area contributed by atoms with Crippen LogP contribution in [0.4, 0.5) is 0 Å². The van der Waals surface area contributed by atoms with Gasteiger partial charge in [-0.1, -0.05) is 27.7 Å². The second kappa shape index (κ2) is 5.56. The van der Waals surface area contributed by atoms with Crippen molar-refractivity contribution in [3.05, 3.63) is 0 Å². The average Bonchev–Trinajstić information content (AvgIpc) is 2.39. The lowest BCUT2D eigenvalue weighted by atomic mass is 9.45. The lowest BCUT2D eigenvalue weighted by molar-refractivity contribution is -0.185. The molecule has 2 bridgehead atoms. The van der Waals surface area contributed by atoms with Crippen molar-refractivity contribution in [2.75, 3.05) is 5.75 Å². The van der Waals surface area contributed by atoms with Gasteiger partial charge < -0.3 is 4.74 Å². The molecule has 0 heterocycles. The minimum Gasteiger partial charge on any atom is -0.461 e. The molecule has 0 radical (unpaired) electrons. The number of sulfone groups is 1. The fraction of sp³-hybridized carbons (Fsp3) is 0.938. The second-order valence-electron chi connectivity index (χ2n) is 7.44. The van der Waals surface area contributed by atoms with Gasteiger partial charge in [0.1, 0.15) is 6.10 Å². The Kier molecular flexibility index (Phi) is 4.45. The maximum atomic E-state index is 12.2. The Morgan fingerprint density at radius 3 is 2.43 bits per heavy atom. The van der Waals surface area contributed by atoms with Crippen molar-refractivity contribution in [2.24, 2.45) is 23.2 Å². The number of ether oxygens (including phenoxy) is 1. The van der Waals surface area contributed by atoms with E-state index in [1.807, 2.05) is 0 Å². The van der Waals surface area contributed by atoms with Gasteiger partial charge >= 0.3 is 5.97 Å². The van der Waals surface area contributed by atoms with Crippen LogP contribution in [0.3, 0.4) is 0 Å². The van der Waals surface area contributed by atoms with Crippen LogP contribution in [0.25, 0.3) is 0 Å². The van der Waals surface area contributed by atoms with Crippen molar-refractivity contribution in [3.63, 3.8) is 0 Å². The van der Waals surface area contributed by atoms with Crippen LogP contribution in [0.1, 0.15) is 53.9 Å². The molecule has 3 saturated carbocycles. The van der Waals surface area contributed by atoms with Crippen LogP contribution in [0.15, 0.2) is 0 Å². The van der Waals surface area contributed by atoms with E-state index in [1.54, 1.807) is 6.92 Å². The van der Waals surface area contributed by atoms with Crippen molar-refractivity contribution in [2.45, 2.75) is 65.2 Å². The minimum atomic E-state index is -3.38. The molecule has 0 aliphatic heterocycles. The lowest BCUT2D eigenvalue weighted by Gasteiger charge is -2.61. The van der Waals surface area contributed by atoms with E-state index >= 15 is 0 Å². The van der Waals surface area contributed by atoms with Crippen LogP contribution in [0.5, 0.6) is 0 Å². The summed E-state index contributed by atoms with van der Waals surface area (Å²) in [6.07, 6.45) is 2.49. The van der Waals surface area contributed by atoms with Gasteiger partial charge in [-0.25, -0.2) is 8.42 Å². The van der Waals surface area contributed by atoms with E-state index in [0.717, 1.165) is 6.42 Å². The molecule has 0 amide bonds. The first-order valence-electron chi connectivity index (χ1n) is 8.03. The summed E-state index contributed by atoms with van der Waals surface area (Å²) in [5.74, 6) is 0.965. The summed E-state index contributed by atoms with van der Waals surface area (Å²) in [6.45, 7) is 9.95. The fourth-order valence-electron chi connectivity index (χ4n) is 4.11. The molecule has 3 fully saturated rings. The molecule has 5 heteroatoms. The van der Waals surface area contributed by atoms with E-state index in [1.165, 1.54) is 13.3 Å². The van der Waals surface area contributed by atoms with E-state index in [9.17, 15) is 13.2 Å². The van der Waals surface area contributed by atoms with Crippen LogP contribution in [0, 0.1) is 23.2 Å². The number of esters is 1. The van der Waals surface area contributed by atoms with Gasteiger partial charge in [0.15, 0.2) is 15.1 Å². The summed E-state index contributed by atoms with van der Waals surface area (Å²) in [7, 11) is -3.38. The van der Waals surface area contributed by atoms with Crippen molar-refractivity contribution >= 4 is 15.8 Å². The SMILES string of the molecule is CCCS(=O)(=O)[C@H](C)C(=O)O[C@H]1C[C@H]2C[C@@H]([C@H]1C)C2(C)C. The van der Waals surface area contributed by atoms with Crippen molar-refractivity contribution in [1.82, 2.24) is 0 Å². The Balaban J connectivity index is 1.99. The van der Waals surface area contributed by atoms with Gasteiger partial charge in [-0.3, -0.25) is 4.79 Å². The Morgan fingerprint density at radius 1 is 1.33 bits per heavy atom. The zero-order chi connectivity index (χ0) is 16.0. The standard InChI is InChI=1S/C16H28O4S/c1-6-7-21(18,19)11(3)15(17)20-14-9-12-8-13(10(14)2)16(12,4)5/h10-14H,6-9H2,1-5H3/t10-,11-,12-,13+,14+/m1/s1. The van der Waals surface area contributed by atoms with Gasteiger partial charge in [-0.2, -0.15) is 0 Å². The van der Waals surface area contributed by atoms with Crippen molar-refractivity contribution in [1.29, 1.82) is 0 Å². The fourth-order valence-corrected chi connectivity index (χ4v) is 5.38. The molecule has 3 rings (SSSR count). The van der Waals surface area contributed by atoms with E-state index in [0.29, 0.717) is 29.6 Å². The molecule has 0 unspecified atom stereocenters. The highest BCUT2D eigenvalue weighted by Crippen LogP contribution is 2.61. The molecule has 5 atom stereocenters. The first-order valence-corrected chi connectivity index (χ1v) is 9.74. The first-order chi connectivity index (χ1) is 9.61. The molecular formula is C16H28O4S. The van der Waals surface area contributed by atoms with Crippen molar-refractivity contribution in [3.8, 4) is 0 Å². The maximum Gasteiger partial charge on any atom is 0.324 e. The highest BCUT2D eigenvalue weighted by atomic mass is 32.2. The second-order valence-corrected chi connectivity index (χ2v) is 9.88. The zero-order valence-corrected chi connectivity index (χ0v) is 14.6. The summed E-state index contributed by atoms with van der Waals surface area (Å²) in [5.41, 5.74) is 0.336. The van der Waals surface area contributed by atoms with Gasteiger partial charge in [0.2, 0.25) is 0 Å². The van der Waals surface area contributed by atoms with Crippen LogP contribution in [-0.2, 0) is 19.4 Å². The predicted octanol–water partition coefficient (Wildman–Crippen LogP) is 2.81. The van der Waals surface area contributed by atoms with Crippen LogP contribution in [-0.4, -0.2) is 31.5 Å². The van der Waals surface area contributed by atoms with Gasteiger partial charge in [0.05, 0.1) is 5.75 Å². The summed E-state index contributed by atoms with van der Waals surface area (Å²) in [6, 6.07) is 0. The van der Waals surface area contributed by atoms with Crippen LogP contribution >= 0.6 is 0 Å². The number of hydrogen-bond acceptors (Lipinski definition) is 4. The normalized spacial score (nSPS) is 35.7. The topological polar surface area (TPSA) is 60.4 Å². The quantitative estimate of drug-likeness (QED) is 0.732. The molecule has 0 aromatic rings. The Labute approximate surface area is 128 Å². The molecule has 0 N–H and O–H groups in total. The third-order valence-electron chi connectivity index (χ3n) is 5.91. The first kappa shape index (κ1) is 16.8. The van der Waals surface area contributed by atoms with Gasteiger partial charge in [-0.05, 0) is 49.4 Å². The lowest BCUT2D eigenvalue weighted by Crippen LogP contribution is -2.57. The summed E-state index contributed by atoms with van der Waals surface area (Å²) in [4.78, 5) is 12.2. The van der Waals surface area contributed by atoms with E-state index in [4.69, 9.17) is 4.74 Å². The van der Waals surface area contributed by atoms with Gasteiger partial charge in [-0.15, -0.1) is 0 Å². The number of fused-ring (bicyclic) bond motifs is 2. The summed E-state index contributed by atoms with van der Waals surface area (Å²) < 4.78 is 29.5. The molecule has 0 saturated heterocycles. The van der Waals surface area contributed by atoms with Crippen LogP contribution < -0.4 is 0 Å². The molecule has 4 nitrogen and oxygen atoms in total. The smallest absolute Gasteiger partial charge is 0.324 e. The minimum absolute atomic E-state index is 0.0434. The monoisotopic (exact) mass is 316 g/mol. The third-order valence-corrected chi connectivity index (χ3v) is 8.16. The Hall–Kier alpha value is -0.580. The Morgan fingerprint density at radius 2 is 1.95 bits per heavy atom. The summed E-state index contributed by atoms with van der Waals surface area (Å²) in [5, 5.41) is -1.05. The molecular weight excluding hydrogens is 288 g/mol. The van der Waals surface area contributed by atoms with Gasteiger partial charge in [0, 0.05) is 0 Å². The zero-order valence-electron chi connectivity index (χ0n) is 13.8. The Bertz CT molecular complexity index is 508. The number of carbonyl (C=O) groups is 1. The summed E-state index contributed by atoms with van der Waals surface area (Å²) >= 11 is 0. The van der Waals surface area contributed by atoms with Gasteiger partial charge in [0.25, 0.3) is 0 Å². The maximum absolute atomic E-state index is 12.2. The molecule has 3 aliphatic rings. The molecule has 0 spiro atoms. The number of carbonyl (C=O) groups excluding carboxylic acids is 1. The van der Waals surface area contributed by atoms with Crippen molar-refractivity contribution < 1.29 is 17.9 Å². The molecule has 0 aromatic carbocycles. The molecule has 21 heavy (non-hydrogen) atoms. The molecule has 3 aliphatic carbocycles. The van der Waals surface area contributed by atoms with Crippen LogP contribution in [0.2, 0.25) is 0 Å². The highest BCUT2D eigenvalue weighted by Gasteiger charge is 2.57. The average molecular weight is 316 g/mol. The third kappa shape index (κ3) is 2.86. The largest absolute Gasteiger partial charge is 0.461 e. The number of hydrogen-bond donors (Lipinski definition) is 0. The number of rotatable bonds is 5. The highest BCUT2D eigenvalue weighted by molar-refractivity contribution is 7.92. The predicted molar refractivity (Wildman–Crippen MR) is 82.6 cm³/mol. The van der Waals surface area contributed by atoms with E-state index in [2.05, 4.69) is 20.8 Å². The molecule has 122 valence electrons.